The van der Waals surface area contributed by atoms with Gasteiger partial charge in [-0.25, -0.2) is 4.98 Å². The third-order valence-electron chi connectivity index (χ3n) is 2.59. The van der Waals surface area contributed by atoms with Gasteiger partial charge < -0.3 is 4.42 Å². The molecular formula is C15H10ClNOS. The van der Waals surface area contributed by atoms with Crippen molar-refractivity contribution in [3.8, 4) is 11.3 Å². The molecule has 0 saturated carbocycles. The van der Waals surface area contributed by atoms with Crippen molar-refractivity contribution in [3.63, 3.8) is 0 Å². The number of pyridine rings is 1. The van der Waals surface area contributed by atoms with E-state index in [1.165, 1.54) is 0 Å². The molecule has 1 aromatic carbocycles. The third-order valence-corrected chi connectivity index (χ3v) is 4.04. The lowest BCUT2D eigenvalue weighted by Gasteiger charge is -2.05. The van der Waals surface area contributed by atoms with Gasteiger partial charge in [0.1, 0.15) is 10.8 Å². The molecule has 2 heterocycles. The van der Waals surface area contributed by atoms with Gasteiger partial charge in [0.25, 0.3) is 0 Å². The van der Waals surface area contributed by atoms with E-state index in [1.807, 2.05) is 48.5 Å². The molecule has 0 aliphatic heterocycles. The number of rotatable bonds is 3. The van der Waals surface area contributed by atoms with Gasteiger partial charge >= 0.3 is 0 Å². The summed E-state index contributed by atoms with van der Waals surface area (Å²) in [5, 5.41) is 1.62. The predicted molar refractivity (Wildman–Crippen MR) is 77.5 cm³/mol. The van der Waals surface area contributed by atoms with Crippen molar-refractivity contribution in [2.75, 3.05) is 0 Å². The van der Waals surface area contributed by atoms with E-state index in [-0.39, 0.29) is 0 Å². The van der Waals surface area contributed by atoms with Gasteiger partial charge in [0.2, 0.25) is 0 Å². The van der Waals surface area contributed by atoms with Crippen LogP contribution in [0.1, 0.15) is 0 Å². The van der Waals surface area contributed by atoms with Crippen LogP contribution in [0.2, 0.25) is 5.02 Å². The van der Waals surface area contributed by atoms with E-state index in [0.717, 1.165) is 21.2 Å². The highest BCUT2D eigenvalue weighted by Crippen LogP contribution is 2.34. The lowest BCUT2D eigenvalue weighted by Crippen LogP contribution is -1.81. The van der Waals surface area contributed by atoms with Crippen molar-refractivity contribution in [1.82, 2.24) is 4.98 Å². The van der Waals surface area contributed by atoms with E-state index in [4.69, 9.17) is 16.0 Å². The number of nitrogens with zero attached hydrogens (tertiary/aromatic N) is 1. The highest BCUT2D eigenvalue weighted by atomic mass is 35.5. The van der Waals surface area contributed by atoms with E-state index < -0.39 is 0 Å². The normalized spacial score (nSPS) is 10.6. The number of hydrogen-bond acceptors (Lipinski definition) is 3. The zero-order chi connectivity index (χ0) is 13.1. The summed E-state index contributed by atoms with van der Waals surface area (Å²) in [7, 11) is 0. The molecule has 2 aromatic heterocycles. The summed E-state index contributed by atoms with van der Waals surface area (Å²) >= 11 is 7.85. The smallest absolute Gasteiger partial charge is 0.133 e. The molecule has 0 aliphatic rings. The topological polar surface area (TPSA) is 26.0 Å². The SMILES string of the molecule is Clc1cc(-c2ccco2)ccc1Sc1ccccn1. The minimum absolute atomic E-state index is 0.699. The van der Waals surface area contributed by atoms with Gasteiger partial charge in [-0.3, -0.25) is 0 Å². The van der Waals surface area contributed by atoms with Crippen LogP contribution >= 0.6 is 23.4 Å². The first kappa shape index (κ1) is 12.3. The van der Waals surface area contributed by atoms with Crippen molar-refractivity contribution >= 4 is 23.4 Å². The van der Waals surface area contributed by atoms with E-state index in [2.05, 4.69) is 4.98 Å². The van der Waals surface area contributed by atoms with Gasteiger partial charge in [-0.05, 0) is 36.4 Å². The Bertz CT molecular complexity index is 668. The van der Waals surface area contributed by atoms with Crippen molar-refractivity contribution in [3.05, 3.63) is 66.0 Å². The molecular weight excluding hydrogens is 278 g/mol. The minimum atomic E-state index is 0.699. The Morgan fingerprint density at radius 3 is 2.68 bits per heavy atom. The lowest BCUT2D eigenvalue weighted by molar-refractivity contribution is 0.582. The van der Waals surface area contributed by atoms with E-state index in [0.29, 0.717) is 5.02 Å². The second kappa shape index (κ2) is 5.51. The summed E-state index contributed by atoms with van der Waals surface area (Å²) in [5.74, 6) is 0.816. The molecule has 0 amide bonds. The Morgan fingerprint density at radius 2 is 2.00 bits per heavy atom. The van der Waals surface area contributed by atoms with E-state index >= 15 is 0 Å². The molecule has 4 heteroatoms. The molecule has 0 N–H and O–H groups in total. The summed E-state index contributed by atoms with van der Waals surface area (Å²) in [6, 6.07) is 15.5. The maximum absolute atomic E-state index is 6.31. The van der Waals surface area contributed by atoms with E-state index in [9.17, 15) is 0 Å². The molecule has 19 heavy (non-hydrogen) atoms. The zero-order valence-corrected chi connectivity index (χ0v) is 11.5. The van der Waals surface area contributed by atoms with Crippen LogP contribution in [0.3, 0.4) is 0 Å². The monoisotopic (exact) mass is 287 g/mol. The fraction of sp³-hybridized carbons (Fsp3) is 0. The van der Waals surface area contributed by atoms with Crippen LogP contribution in [0.4, 0.5) is 0 Å². The minimum Gasteiger partial charge on any atom is -0.464 e. The second-order valence-electron chi connectivity index (χ2n) is 3.89. The summed E-state index contributed by atoms with van der Waals surface area (Å²) in [5.41, 5.74) is 0.973. The fourth-order valence-electron chi connectivity index (χ4n) is 1.70. The Morgan fingerprint density at radius 1 is 1.05 bits per heavy atom. The van der Waals surface area contributed by atoms with Crippen molar-refractivity contribution < 1.29 is 4.42 Å². The summed E-state index contributed by atoms with van der Waals surface area (Å²) in [6.45, 7) is 0. The third kappa shape index (κ3) is 2.83. The van der Waals surface area contributed by atoms with Crippen LogP contribution in [0.15, 0.2) is 75.3 Å². The van der Waals surface area contributed by atoms with Gasteiger partial charge in [-0.2, -0.15) is 0 Å². The van der Waals surface area contributed by atoms with E-state index in [1.54, 1.807) is 24.2 Å². The maximum atomic E-state index is 6.31. The van der Waals surface area contributed by atoms with Crippen molar-refractivity contribution in [2.45, 2.75) is 9.92 Å². The first-order chi connectivity index (χ1) is 9.33. The molecule has 0 bridgehead atoms. The molecule has 0 aliphatic carbocycles. The molecule has 0 unspecified atom stereocenters. The van der Waals surface area contributed by atoms with Crippen LogP contribution < -0.4 is 0 Å². The second-order valence-corrected chi connectivity index (χ2v) is 5.36. The van der Waals surface area contributed by atoms with Gasteiger partial charge in [-0.1, -0.05) is 35.5 Å². The number of furan rings is 1. The summed E-state index contributed by atoms with van der Waals surface area (Å²) < 4.78 is 5.35. The predicted octanol–water partition coefficient (Wildman–Crippen LogP) is 5.15. The summed E-state index contributed by atoms with van der Waals surface area (Å²) in [4.78, 5) is 5.26. The maximum Gasteiger partial charge on any atom is 0.133 e. The zero-order valence-electron chi connectivity index (χ0n) is 9.92. The Hall–Kier alpha value is -1.71. The van der Waals surface area contributed by atoms with Crippen molar-refractivity contribution in [2.24, 2.45) is 0 Å². The highest BCUT2D eigenvalue weighted by Gasteiger charge is 2.07. The van der Waals surface area contributed by atoms with Gasteiger partial charge in [0.15, 0.2) is 0 Å². The molecule has 2 nitrogen and oxygen atoms in total. The largest absolute Gasteiger partial charge is 0.464 e. The standard InChI is InChI=1S/C15H10ClNOS/c16-12-10-11(13-4-3-9-18-13)6-7-14(12)19-15-5-1-2-8-17-15/h1-10H. The Balaban J connectivity index is 1.88. The molecule has 0 spiro atoms. The molecule has 3 rings (SSSR count). The van der Waals surface area contributed by atoms with Crippen LogP contribution in [-0.4, -0.2) is 4.98 Å². The van der Waals surface area contributed by atoms with Crippen LogP contribution in [0.25, 0.3) is 11.3 Å². The average Bonchev–Trinajstić information content (AvgIpc) is 2.96. The first-order valence-electron chi connectivity index (χ1n) is 5.75. The fourth-order valence-corrected chi connectivity index (χ4v) is 2.77. The van der Waals surface area contributed by atoms with Crippen LogP contribution in [0, 0.1) is 0 Å². The highest BCUT2D eigenvalue weighted by molar-refractivity contribution is 7.99. The van der Waals surface area contributed by atoms with Gasteiger partial charge in [0, 0.05) is 16.7 Å². The Kier molecular flexibility index (Phi) is 3.58. The molecule has 0 fully saturated rings. The lowest BCUT2D eigenvalue weighted by atomic mass is 10.2. The number of halogens is 1. The molecule has 0 atom stereocenters. The number of aromatic nitrogens is 1. The Labute approximate surface area is 120 Å². The molecule has 94 valence electrons. The van der Waals surface area contributed by atoms with Crippen LogP contribution in [0.5, 0.6) is 0 Å². The van der Waals surface area contributed by atoms with Gasteiger partial charge in [-0.15, -0.1) is 0 Å². The van der Waals surface area contributed by atoms with Crippen molar-refractivity contribution in [1.29, 1.82) is 0 Å². The quantitative estimate of drug-likeness (QED) is 0.666. The molecule has 3 aromatic rings. The number of benzene rings is 1. The van der Waals surface area contributed by atoms with Crippen LogP contribution in [-0.2, 0) is 0 Å². The molecule has 0 radical (unpaired) electrons. The average molecular weight is 288 g/mol. The summed E-state index contributed by atoms with van der Waals surface area (Å²) in [6.07, 6.45) is 3.42. The number of hydrogen-bond donors (Lipinski definition) is 0. The first-order valence-corrected chi connectivity index (χ1v) is 6.95. The van der Waals surface area contributed by atoms with Gasteiger partial charge in [0.05, 0.1) is 11.3 Å². The molecule has 0 saturated heterocycles.